The van der Waals surface area contributed by atoms with Gasteiger partial charge in [-0.25, -0.2) is 0 Å². The summed E-state index contributed by atoms with van der Waals surface area (Å²) in [7, 11) is 0. The molecule has 0 fully saturated rings. The first-order valence-electron chi connectivity index (χ1n) is 6.80. The summed E-state index contributed by atoms with van der Waals surface area (Å²) < 4.78 is 5.69. The molecule has 4 heteroatoms. The first-order valence-corrected chi connectivity index (χ1v) is 6.80. The Labute approximate surface area is 123 Å². The second kappa shape index (κ2) is 6.90. The van der Waals surface area contributed by atoms with E-state index in [0.717, 1.165) is 0 Å². The minimum Gasteiger partial charge on any atom is -0.481 e. The summed E-state index contributed by atoms with van der Waals surface area (Å²) in [5, 5.41) is 19.0. The van der Waals surface area contributed by atoms with Crippen LogP contribution in [0.3, 0.4) is 0 Å². The number of aliphatic hydroxyl groups excluding tert-OH is 1. The van der Waals surface area contributed by atoms with Gasteiger partial charge >= 0.3 is 5.97 Å². The average Bonchev–Trinajstić information content (AvgIpc) is 2.48. The van der Waals surface area contributed by atoms with E-state index in [1.54, 1.807) is 31.2 Å². The highest BCUT2D eigenvalue weighted by molar-refractivity contribution is 5.69. The van der Waals surface area contributed by atoms with Crippen molar-refractivity contribution in [3.63, 3.8) is 0 Å². The monoisotopic (exact) mass is 286 g/mol. The van der Waals surface area contributed by atoms with E-state index in [1.165, 1.54) is 0 Å². The normalized spacial score (nSPS) is 13.4. The minimum atomic E-state index is -0.911. The van der Waals surface area contributed by atoms with Crippen molar-refractivity contribution in [3.05, 3.63) is 60.2 Å². The van der Waals surface area contributed by atoms with Gasteiger partial charge in [-0.15, -0.1) is 0 Å². The minimum absolute atomic E-state index is 0.171. The van der Waals surface area contributed by atoms with E-state index in [1.807, 2.05) is 30.3 Å². The molecular formula is C17H18O4. The van der Waals surface area contributed by atoms with Crippen molar-refractivity contribution in [2.45, 2.75) is 19.4 Å². The topological polar surface area (TPSA) is 66.8 Å². The van der Waals surface area contributed by atoms with Crippen LogP contribution in [-0.2, 0) is 4.79 Å². The predicted octanol–water partition coefficient (Wildman–Crippen LogP) is 3.62. The Morgan fingerprint density at radius 2 is 1.76 bits per heavy atom. The van der Waals surface area contributed by atoms with Crippen molar-refractivity contribution in [2.24, 2.45) is 5.92 Å². The number of benzene rings is 2. The maximum Gasteiger partial charge on any atom is 0.306 e. The van der Waals surface area contributed by atoms with Crippen molar-refractivity contribution in [2.75, 3.05) is 0 Å². The second-order valence-electron chi connectivity index (χ2n) is 4.98. The molecule has 0 aliphatic heterocycles. The van der Waals surface area contributed by atoms with Gasteiger partial charge in [-0.05, 0) is 36.2 Å². The van der Waals surface area contributed by atoms with Gasteiger partial charge in [0.1, 0.15) is 11.5 Å². The molecule has 4 nitrogen and oxygen atoms in total. The molecule has 0 aromatic heterocycles. The molecule has 0 radical (unpaired) electrons. The molecule has 2 atom stereocenters. The van der Waals surface area contributed by atoms with Gasteiger partial charge in [0.15, 0.2) is 0 Å². The van der Waals surface area contributed by atoms with Crippen molar-refractivity contribution < 1.29 is 19.7 Å². The number of hydrogen-bond acceptors (Lipinski definition) is 3. The lowest BCUT2D eigenvalue weighted by Crippen LogP contribution is -2.13. The number of hydrogen-bond donors (Lipinski definition) is 2. The third-order valence-electron chi connectivity index (χ3n) is 3.22. The van der Waals surface area contributed by atoms with Gasteiger partial charge in [0.05, 0.1) is 12.0 Å². The van der Waals surface area contributed by atoms with Gasteiger partial charge < -0.3 is 14.9 Å². The molecule has 0 amide bonds. The van der Waals surface area contributed by atoms with Gasteiger partial charge in [-0.1, -0.05) is 37.3 Å². The first-order chi connectivity index (χ1) is 10.1. The van der Waals surface area contributed by atoms with E-state index in [9.17, 15) is 9.90 Å². The number of carboxylic acids is 1. The Morgan fingerprint density at radius 3 is 2.43 bits per heavy atom. The van der Waals surface area contributed by atoms with Crippen molar-refractivity contribution in [1.82, 2.24) is 0 Å². The quantitative estimate of drug-likeness (QED) is 0.851. The zero-order valence-electron chi connectivity index (χ0n) is 11.8. The number of carboxylic acid groups (broad SMARTS) is 1. The maximum atomic E-state index is 10.8. The second-order valence-corrected chi connectivity index (χ2v) is 4.98. The van der Waals surface area contributed by atoms with Crippen molar-refractivity contribution in [1.29, 1.82) is 0 Å². The fraction of sp³-hybridized carbons (Fsp3) is 0.235. The number of para-hydroxylation sites is 1. The molecule has 0 saturated carbocycles. The lowest BCUT2D eigenvalue weighted by molar-refractivity contribution is -0.142. The Bertz CT molecular complexity index is 595. The molecule has 2 rings (SSSR count). The van der Waals surface area contributed by atoms with Crippen LogP contribution < -0.4 is 4.74 Å². The molecule has 2 unspecified atom stereocenters. The lowest BCUT2D eigenvalue weighted by atomic mass is 9.98. The molecule has 0 spiro atoms. The van der Waals surface area contributed by atoms with Gasteiger partial charge in [0.2, 0.25) is 0 Å². The third-order valence-corrected chi connectivity index (χ3v) is 3.22. The van der Waals surface area contributed by atoms with Crippen LogP contribution in [0.2, 0.25) is 0 Å². The van der Waals surface area contributed by atoms with Crippen LogP contribution in [-0.4, -0.2) is 16.2 Å². The molecule has 0 aliphatic rings. The molecule has 0 heterocycles. The number of aliphatic hydroxyl groups is 1. The zero-order chi connectivity index (χ0) is 15.2. The average molecular weight is 286 g/mol. The predicted molar refractivity (Wildman–Crippen MR) is 79.3 cm³/mol. The van der Waals surface area contributed by atoms with E-state index in [4.69, 9.17) is 9.84 Å². The smallest absolute Gasteiger partial charge is 0.306 e. The molecule has 21 heavy (non-hydrogen) atoms. The fourth-order valence-corrected chi connectivity index (χ4v) is 1.98. The van der Waals surface area contributed by atoms with Crippen LogP contribution in [0.4, 0.5) is 0 Å². The number of ether oxygens (including phenoxy) is 1. The van der Waals surface area contributed by atoms with E-state index in [0.29, 0.717) is 17.1 Å². The molecule has 2 aromatic rings. The third kappa shape index (κ3) is 4.33. The van der Waals surface area contributed by atoms with E-state index in [2.05, 4.69) is 0 Å². The molecule has 0 bridgehead atoms. The first kappa shape index (κ1) is 15.1. The Kier molecular flexibility index (Phi) is 4.95. The van der Waals surface area contributed by atoms with Gasteiger partial charge in [-0.3, -0.25) is 4.79 Å². The van der Waals surface area contributed by atoms with Crippen LogP contribution in [0.5, 0.6) is 11.5 Å². The molecular weight excluding hydrogens is 268 g/mol. The largest absolute Gasteiger partial charge is 0.481 e. The maximum absolute atomic E-state index is 10.8. The summed E-state index contributed by atoms with van der Waals surface area (Å²) >= 11 is 0. The number of rotatable bonds is 6. The molecule has 110 valence electrons. The fourth-order valence-electron chi connectivity index (χ4n) is 1.98. The summed E-state index contributed by atoms with van der Waals surface area (Å²) in [6.07, 6.45) is -0.653. The van der Waals surface area contributed by atoms with Gasteiger partial charge in [-0.2, -0.15) is 0 Å². The van der Waals surface area contributed by atoms with Crippen molar-refractivity contribution >= 4 is 5.97 Å². The van der Waals surface area contributed by atoms with Crippen LogP contribution in [0.25, 0.3) is 0 Å². The van der Waals surface area contributed by atoms with Crippen LogP contribution in [0, 0.1) is 5.92 Å². The van der Waals surface area contributed by atoms with Crippen molar-refractivity contribution in [3.8, 4) is 11.5 Å². The number of carbonyl (C=O) groups is 1. The Hall–Kier alpha value is -2.33. The molecule has 2 aromatic carbocycles. The van der Waals surface area contributed by atoms with Crippen LogP contribution in [0.1, 0.15) is 25.0 Å². The Morgan fingerprint density at radius 1 is 1.10 bits per heavy atom. The van der Waals surface area contributed by atoms with Gasteiger partial charge in [0.25, 0.3) is 0 Å². The summed E-state index contributed by atoms with van der Waals surface area (Å²) in [5.74, 6) is -0.187. The highest BCUT2D eigenvalue weighted by Gasteiger charge is 2.18. The van der Waals surface area contributed by atoms with Crippen LogP contribution >= 0.6 is 0 Å². The SMILES string of the molecule is CC(CC(O)c1cccc(Oc2ccccc2)c1)C(=O)O. The summed E-state index contributed by atoms with van der Waals surface area (Å²) in [6.45, 7) is 1.58. The standard InChI is InChI=1S/C17H18O4/c1-12(17(19)20)10-16(18)13-6-5-9-15(11-13)21-14-7-3-2-4-8-14/h2-9,11-12,16,18H,10H2,1H3,(H,19,20). The van der Waals surface area contributed by atoms with Gasteiger partial charge in [0, 0.05) is 0 Å². The highest BCUT2D eigenvalue weighted by atomic mass is 16.5. The van der Waals surface area contributed by atoms with E-state index < -0.39 is 18.0 Å². The summed E-state index contributed by atoms with van der Waals surface area (Å²) in [5.41, 5.74) is 0.650. The summed E-state index contributed by atoms with van der Waals surface area (Å²) in [4.78, 5) is 10.8. The molecule has 0 saturated heterocycles. The Balaban J connectivity index is 2.08. The summed E-state index contributed by atoms with van der Waals surface area (Å²) in [6, 6.07) is 16.4. The lowest BCUT2D eigenvalue weighted by Gasteiger charge is -2.15. The number of aliphatic carboxylic acids is 1. The van der Waals surface area contributed by atoms with Crippen LogP contribution in [0.15, 0.2) is 54.6 Å². The molecule has 0 aliphatic carbocycles. The zero-order valence-corrected chi connectivity index (χ0v) is 11.8. The van der Waals surface area contributed by atoms with E-state index >= 15 is 0 Å². The van der Waals surface area contributed by atoms with E-state index in [-0.39, 0.29) is 6.42 Å². The highest BCUT2D eigenvalue weighted by Crippen LogP contribution is 2.27. The molecule has 2 N–H and O–H groups in total.